The van der Waals surface area contributed by atoms with Gasteiger partial charge in [0.2, 0.25) is 17.8 Å². The molecule has 1 fully saturated rings. The van der Waals surface area contributed by atoms with E-state index in [1.165, 1.54) is 12.1 Å². The average molecular weight is 427 g/mol. The zero-order valence-corrected chi connectivity index (χ0v) is 17.8. The normalized spacial score (nSPS) is 23.2. The van der Waals surface area contributed by atoms with Crippen LogP contribution >= 0.6 is 0 Å². The van der Waals surface area contributed by atoms with Crippen molar-refractivity contribution in [2.24, 2.45) is 11.8 Å². The largest absolute Gasteiger partial charge is 0.342 e. The van der Waals surface area contributed by atoms with Gasteiger partial charge in [-0.15, -0.1) is 0 Å². The lowest BCUT2D eigenvalue weighted by Crippen LogP contribution is -2.42. The Labute approximate surface area is 179 Å². The number of nitrogens with zero attached hydrogens (tertiary/aromatic N) is 2. The highest BCUT2D eigenvalue weighted by molar-refractivity contribution is 6.04. The van der Waals surface area contributed by atoms with Gasteiger partial charge in [0.1, 0.15) is 11.6 Å². The van der Waals surface area contributed by atoms with Crippen LogP contribution in [0.25, 0.3) is 0 Å². The Hall–Kier alpha value is -3.23. The highest BCUT2D eigenvalue weighted by Crippen LogP contribution is 2.31. The Morgan fingerprint density at radius 3 is 2.61 bits per heavy atom. The Morgan fingerprint density at radius 1 is 1.23 bits per heavy atom. The highest BCUT2D eigenvalue weighted by Gasteiger charge is 2.36. The molecule has 0 bridgehead atoms. The predicted molar refractivity (Wildman–Crippen MR) is 116 cm³/mol. The van der Waals surface area contributed by atoms with Crippen LogP contribution in [0.1, 0.15) is 43.7 Å². The average Bonchev–Trinajstić information content (AvgIpc) is 2.68. The van der Waals surface area contributed by atoms with Crippen LogP contribution in [0.3, 0.4) is 0 Å². The number of benzene rings is 1. The maximum absolute atomic E-state index is 14.2. The fourth-order valence-electron chi connectivity index (χ4n) is 4.51. The number of carbonyl (C=O) groups excluding carboxylic acids is 2. The number of anilines is 3. The number of amides is 2. The molecular weight excluding hydrogens is 401 g/mol. The fourth-order valence-corrected chi connectivity index (χ4v) is 4.51. The van der Waals surface area contributed by atoms with Crippen molar-refractivity contribution in [3.8, 4) is 0 Å². The van der Waals surface area contributed by atoms with Gasteiger partial charge < -0.3 is 15.5 Å². The lowest BCUT2D eigenvalue weighted by Gasteiger charge is -2.35. The van der Waals surface area contributed by atoms with E-state index in [-0.39, 0.29) is 23.5 Å². The molecule has 3 heterocycles. The zero-order valence-electron chi connectivity index (χ0n) is 17.8. The second-order valence-corrected chi connectivity index (χ2v) is 8.78. The molecule has 3 atom stereocenters. The van der Waals surface area contributed by atoms with Gasteiger partial charge in [-0.05, 0) is 42.9 Å². The number of carbonyl (C=O) groups is 2. The molecule has 2 aromatic rings. The smallest absolute Gasteiger partial charge is 0.258 e. The van der Waals surface area contributed by atoms with Gasteiger partial charge in [0.15, 0.2) is 0 Å². The van der Waals surface area contributed by atoms with E-state index in [4.69, 9.17) is 0 Å². The number of piperidine rings is 1. The van der Waals surface area contributed by atoms with Crippen molar-refractivity contribution < 1.29 is 14.0 Å². The third-order valence-corrected chi connectivity index (χ3v) is 5.81. The quantitative estimate of drug-likeness (QED) is 0.698. The predicted octanol–water partition coefficient (Wildman–Crippen LogP) is 2.76. The minimum atomic E-state index is -1.06. The molecule has 0 aliphatic carbocycles. The molecule has 0 saturated carbocycles. The SMILES string of the molecule is Cc1ccc(NC(=O)[C@@H]2CC(=O)Nc3nc(N4C[C@@H](C)C[C@H](C)C4)[nH]c(=O)c32)c(F)c1. The van der Waals surface area contributed by atoms with Crippen molar-refractivity contribution in [3.05, 3.63) is 45.5 Å². The Bertz CT molecular complexity index is 1090. The van der Waals surface area contributed by atoms with Crippen molar-refractivity contribution in [2.75, 3.05) is 28.6 Å². The van der Waals surface area contributed by atoms with E-state index in [1.54, 1.807) is 13.0 Å². The monoisotopic (exact) mass is 427 g/mol. The minimum absolute atomic E-state index is 0.000400. The summed E-state index contributed by atoms with van der Waals surface area (Å²) in [4.78, 5) is 47.4. The molecule has 31 heavy (non-hydrogen) atoms. The van der Waals surface area contributed by atoms with Crippen LogP contribution < -0.4 is 21.1 Å². The van der Waals surface area contributed by atoms with E-state index in [1.807, 2.05) is 4.90 Å². The van der Waals surface area contributed by atoms with Crippen LogP contribution in [0.5, 0.6) is 0 Å². The van der Waals surface area contributed by atoms with Crippen molar-refractivity contribution >= 4 is 29.3 Å². The molecule has 3 N–H and O–H groups in total. The number of nitrogens with one attached hydrogen (secondary N) is 3. The number of hydrogen-bond donors (Lipinski definition) is 3. The first-order valence-electron chi connectivity index (χ1n) is 10.5. The van der Waals surface area contributed by atoms with E-state index < -0.39 is 29.1 Å². The first-order chi connectivity index (χ1) is 14.7. The summed E-state index contributed by atoms with van der Waals surface area (Å²) in [5, 5.41) is 5.12. The van der Waals surface area contributed by atoms with Crippen molar-refractivity contribution in [3.63, 3.8) is 0 Å². The number of H-pyrrole nitrogens is 1. The number of halogens is 1. The maximum Gasteiger partial charge on any atom is 0.258 e. The summed E-state index contributed by atoms with van der Waals surface area (Å²) in [6.45, 7) is 7.52. The molecule has 8 nitrogen and oxygen atoms in total. The molecule has 1 aromatic carbocycles. The molecule has 1 aromatic heterocycles. The summed E-state index contributed by atoms with van der Waals surface area (Å²) < 4.78 is 14.2. The summed E-state index contributed by atoms with van der Waals surface area (Å²) in [5.74, 6) is -1.32. The molecule has 1 saturated heterocycles. The number of fused-ring (bicyclic) bond motifs is 1. The minimum Gasteiger partial charge on any atom is -0.342 e. The van der Waals surface area contributed by atoms with Gasteiger partial charge in [-0.25, -0.2) is 4.39 Å². The van der Waals surface area contributed by atoms with Gasteiger partial charge in [-0.2, -0.15) is 4.98 Å². The fraction of sp³-hybridized carbons (Fsp3) is 0.455. The Kier molecular flexibility index (Phi) is 5.51. The van der Waals surface area contributed by atoms with E-state index in [0.717, 1.165) is 19.5 Å². The summed E-state index contributed by atoms with van der Waals surface area (Å²) in [7, 11) is 0. The molecule has 0 spiro atoms. The van der Waals surface area contributed by atoms with Crippen LogP contribution in [-0.2, 0) is 9.59 Å². The molecule has 0 unspecified atom stereocenters. The van der Waals surface area contributed by atoms with E-state index in [0.29, 0.717) is 23.3 Å². The van der Waals surface area contributed by atoms with E-state index in [9.17, 15) is 18.8 Å². The third-order valence-electron chi connectivity index (χ3n) is 5.81. The Balaban J connectivity index is 1.65. The molecule has 2 amide bonds. The van der Waals surface area contributed by atoms with E-state index in [2.05, 4.69) is 34.4 Å². The van der Waals surface area contributed by atoms with Gasteiger partial charge >= 0.3 is 0 Å². The molecule has 9 heteroatoms. The van der Waals surface area contributed by atoms with Crippen LogP contribution in [0.2, 0.25) is 0 Å². The number of aromatic nitrogens is 2. The third kappa shape index (κ3) is 4.30. The van der Waals surface area contributed by atoms with Gasteiger partial charge in [-0.3, -0.25) is 19.4 Å². The van der Waals surface area contributed by atoms with Crippen LogP contribution in [-0.4, -0.2) is 34.9 Å². The van der Waals surface area contributed by atoms with Gasteiger partial charge in [0, 0.05) is 19.5 Å². The summed E-state index contributed by atoms with van der Waals surface area (Å²) in [6.07, 6.45) is 0.883. The Morgan fingerprint density at radius 2 is 1.94 bits per heavy atom. The number of aromatic amines is 1. The van der Waals surface area contributed by atoms with Gasteiger partial charge in [0.25, 0.3) is 5.56 Å². The van der Waals surface area contributed by atoms with Crippen molar-refractivity contribution in [2.45, 2.75) is 39.5 Å². The number of rotatable bonds is 3. The molecular formula is C22H26FN5O3. The standard InChI is InChI=1S/C22H26FN5O3/c1-11-4-5-16(15(23)7-11)24-20(30)14-8-17(29)25-19-18(14)21(31)27-22(26-19)28-9-12(2)6-13(3)10-28/h4-5,7,12-14H,6,8-10H2,1-3H3,(H,24,30)(H2,25,26,27,29,31)/t12-,13-,14+/m0/s1. The van der Waals surface area contributed by atoms with E-state index >= 15 is 0 Å². The highest BCUT2D eigenvalue weighted by atomic mass is 19.1. The van der Waals surface area contributed by atoms with Gasteiger partial charge in [-0.1, -0.05) is 19.9 Å². The van der Waals surface area contributed by atoms with Crippen LogP contribution in [0.4, 0.5) is 21.8 Å². The maximum atomic E-state index is 14.2. The summed E-state index contributed by atoms with van der Waals surface area (Å²) in [6, 6.07) is 4.43. The molecule has 2 aliphatic rings. The number of hydrogen-bond acceptors (Lipinski definition) is 5. The second kappa shape index (κ2) is 8.13. The zero-order chi connectivity index (χ0) is 22.3. The number of aryl methyl sites for hydroxylation is 1. The van der Waals surface area contributed by atoms with Crippen molar-refractivity contribution in [1.29, 1.82) is 0 Å². The summed E-state index contributed by atoms with van der Waals surface area (Å²) >= 11 is 0. The molecule has 164 valence electrons. The second-order valence-electron chi connectivity index (χ2n) is 8.78. The summed E-state index contributed by atoms with van der Waals surface area (Å²) in [5.41, 5.74) is 0.328. The lowest BCUT2D eigenvalue weighted by molar-refractivity contribution is -0.123. The molecule has 0 radical (unpaired) electrons. The first kappa shape index (κ1) is 21.0. The van der Waals surface area contributed by atoms with Crippen LogP contribution in [0.15, 0.2) is 23.0 Å². The molecule has 2 aliphatic heterocycles. The lowest BCUT2D eigenvalue weighted by atomic mass is 9.91. The van der Waals surface area contributed by atoms with Crippen LogP contribution in [0, 0.1) is 24.6 Å². The molecule has 4 rings (SSSR count). The van der Waals surface area contributed by atoms with Crippen molar-refractivity contribution in [1.82, 2.24) is 9.97 Å². The van der Waals surface area contributed by atoms with Gasteiger partial charge in [0.05, 0.1) is 17.2 Å². The first-order valence-corrected chi connectivity index (χ1v) is 10.5. The topological polar surface area (TPSA) is 107 Å².